The van der Waals surface area contributed by atoms with Gasteiger partial charge in [-0.3, -0.25) is 0 Å². The van der Waals surface area contributed by atoms with Crippen LogP contribution in [0.15, 0.2) is 0 Å². The fraction of sp³-hybridized carbons (Fsp3) is 1.00. The van der Waals surface area contributed by atoms with Crippen LogP contribution in [0.1, 0.15) is 25.7 Å². The fourth-order valence-electron chi connectivity index (χ4n) is 3.47. The van der Waals surface area contributed by atoms with Crippen LogP contribution in [0.2, 0.25) is 0 Å². The molecule has 0 spiro atoms. The van der Waals surface area contributed by atoms with Crippen LogP contribution in [-0.2, 0) is 0 Å². The summed E-state index contributed by atoms with van der Waals surface area (Å²) in [5.41, 5.74) is -0.179. The molecule has 3 fully saturated rings. The van der Waals surface area contributed by atoms with E-state index in [0.29, 0.717) is 17.8 Å². The van der Waals surface area contributed by atoms with Crippen LogP contribution >= 0.6 is 11.8 Å². The third-order valence-corrected chi connectivity index (χ3v) is 5.34. The van der Waals surface area contributed by atoms with Crippen molar-refractivity contribution in [2.24, 2.45) is 17.8 Å². The first-order chi connectivity index (χ1) is 5.83. The number of rotatable bonds is 1. The lowest BCUT2D eigenvalue weighted by molar-refractivity contribution is 0.0544. The third-order valence-electron chi connectivity index (χ3n) is 4.18. The maximum Gasteiger partial charge on any atom is 0.0747 e. The normalized spacial score (nSPS) is 57.2. The number of hydrogen-bond donors (Lipinski definition) is 1. The molecule has 1 saturated heterocycles. The predicted octanol–water partition coefficient (Wildman–Crippen LogP) is 1.90. The van der Waals surface area contributed by atoms with Crippen LogP contribution in [0.4, 0.5) is 0 Å². The van der Waals surface area contributed by atoms with Crippen molar-refractivity contribution in [3.63, 3.8) is 0 Å². The molecule has 1 heterocycles. The minimum absolute atomic E-state index is 0.179. The largest absolute Gasteiger partial charge is 0.389 e. The molecule has 1 N–H and O–H groups in total. The van der Waals surface area contributed by atoms with E-state index in [4.69, 9.17) is 0 Å². The second kappa shape index (κ2) is 2.42. The van der Waals surface area contributed by atoms with Gasteiger partial charge in [0.1, 0.15) is 0 Å². The zero-order valence-corrected chi connectivity index (χ0v) is 8.15. The number of aliphatic hydroxyl groups is 1. The highest BCUT2D eigenvalue weighted by molar-refractivity contribution is 7.99. The van der Waals surface area contributed by atoms with Crippen LogP contribution < -0.4 is 0 Å². The average Bonchev–Trinajstić information content (AvgIpc) is 2.62. The topological polar surface area (TPSA) is 20.2 Å². The molecular formula is C10H16OS. The minimum Gasteiger partial charge on any atom is -0.389 e. The number of hydrogen-bond acceptors (Lipinski definition) is 2. The van der Waals surface area contributed by atoms with E-state index in [0.717, 1.165) is 0 Å². The maximum absolute atomic E-state index is 10.4. The van der Waals surface area contributed by atoms with E-state index in [1.54, 1.807) is 0 Å². The summed E-state index contributed by atoms with van der Waals surface area (Å²) in [6.07, 6.45) is 5.26. The molecule has 12 heavy (non-hydrogen) atoms. The summed E-state index contributed by atoms with van der Waals surface area (Å²) in [6, 6.07) is 0. The molecule has 3 rings (SSSR count). The van der Waals surface area contributed by atoms with Crippen molar-refractivity contribution in [1.82, 2.24) is 0 Å². The molecule has 3 atom stereocenters. The predicted molar refractivity (Wildman–Crippen MR) is 51.2 cm³/mol. The van der Waals surface area contributed by atoms with Gasteiger partial charge in [0.15, 0.2) is 0 Å². The van der Waals surface area contributed by atoms with Gasteiger partial charge in [-0.1, -0.05) is 6.42 Å². The minimum atomic E-state index is -0.179. The van der Waals surface area contributed by atoms with Gasteiger partial charge in [-0.15, -0.1) is 0 Å². The van der Waals surface area contributed by atoms with E-state index in [9.17, 15) is 5.11 Å². The van der Waals surface area contributed by atoms with Crippen molar-refractivity contribution < 1.29 is 5.11 Å². The molecule has 0 aromatic carbocycles. The summed E-state index contributed by atoms with van der Waals surface area (Å²) in [5.74, 6) is 4.58. The summed E-state index contributed by atoms with van der Waals surface area (Å²) < 4.78 is 0. The van der Waals surface area contributed by atoms with Gasteiger partial charge in [0.25, 0.3) is 0 Å². The van der Waals surface area contributed by atoms with Crippen LogP contribution in [0.3, 0.4) is 0 Å². The number of thioether (sulfide) groups is 1. The van der Waals surface area contributed by atoms with Crippen molar-refractivity contribution >= 4 is 11.8 Å². The summed E-state index contributed by atoms with van der Waals surface area (Å²) in [7, 11) is 0. The molecule has 3 unspecified atom stereocenters. The quantitative estimate of drug-likeness (QED) is 0.671. The van der Waals surface area contributed by atoms with Crippen LogP contribution in [0, 0.1) is 17.8 Å². The molecule has 0 aromatic rings. The van der Waals surface area contributed by atoms with E-state index in [1.807, 2.05) is 11.8 Å². The summed E-state index contributed by atoms with van der Waals surface area (Å²) in [4.78, 5) is 0. The zero-order valence-electron chi connectivity index (χ0n) is 7.33. The molecule has 1 aliphatic heterocycles. The molecule has 1 nitrogen and oxygen atoms in total. The van der Waals surface area contributed by atoms with Gasteiger partial charge < -0.3 is 5.11 Å². The summed E-state index contributed by atoms with van der Waals surface area (Å²) >= 11 is 2.03. The van der Waals surface area contributed by atoms with Gasteiger partial charge in [-0.05, 0) is 48.5 Å². The molecule has 0 bridgehead atoms. The van der Waals surface area contributed by atoms with Crippen molar-refractivity contribution in [3.8, 4) is 0 Å². The molecule has 2 heteroatoms. The van der Waals surface area contributed by atoms with E-state index in [1.165, 1.54) is 37.2 Å². The van der Waals surface area contributed by atoms with Crippen LogP contribution in [-0.4, -0.2) is 22.2 Å². The van der Waals surface area contributed by atoms with E-state index >= 15 is 0 Å². The van der Waals surface area contributed by atoms with Gasteiger partial charge in [-0.25, -0.2) is 0 Å². The highest BCUT2D eigenvalue weighted by Crippen LogP contribution is 2.65. The molecule has 3 aliphatic rings. The Morgan fingerprint density at radius 2 is 1.92 bits per heavy atom. The Kier molecular flexibility index (Phi) is 1.55. The Morgan fingerprint density at radius 3 is 2.50 bits per heavy atom. The monoisotopic (exact) mass is 184 g/mol. The molecule has 0 radical (unpaired) electrons. The van der Waals surface area contributed by atoms with Crippen LogP contribution in [0.5, 0.6) is 0 Å². The van der Waals surface area contributed by atoms with Crippen LogP contribution in [0.25, 0.3) is 0 Å². The lowest BCUT2D eigenvalue weighted by Crippen LogP contribution is -2.27. The standard InChI is InChI=1S/C10H16OS/c11-10(7-4-5-12-6-7)8-2-1-3-9(8)10/h7-9,11H,1-6H2. The van der Waals surface area contributed by atoms with Gasteiger partial charge in [-0.2, -0.15) is 11.8 Å². The second-order valence-corrected chi connectivity index (χ2v) is 5.74. The zero-order chi connectivity index (χ0) is 8.18. The third kappa shape index (κ3) is 0.805. The maximum atomic E-state index is 10.4. The molecule has 2 aliphatic carbocycles. The van der Waals surface area contributed by atoms with E-state index in [2.05, 4.69) is 0 Å². The summed E-state index contributed by atoms with van der Waals surface area (Å²) in [6.45, 7) is 0. The van der Waals surface area contributed by atoms with E-state index in [-0.39, 0.29) is 5.60 Å². The molecule has 0 aromatic heterocycles. The summed E-state index contributed by atoms with van der Waals surface area (Å²) in [5, 5.41) is 10.4. The molecule has 0 amide bonds. The van der Waals surface area contributed by atoms with Gasteiger partial charge in [0.2, 0.25) is 0 Å². The van der Waals surface area contributed by atoms with Gasteiger partial charge >= 0.3 is 0 Å². The van der Waals surface area contributed by atoms with Crippen molar-refractivity contribution in [2.75, 3.05) is 11.5 Å². The second-order valence-electron chi connectivity index (χ2n) is 4.59. The Labute approximate surface area is 77.9 Å². The van der Waals surface area contributed by atoms with Gasteiger partial charge in [0, 0.05) is 0 Å². The molecular weight excluding hydrogens is 168 g/mol. The lowest BCUT2D eigenvalue weighted by Gasteiger charge is -2.20. The molecule has 2 saturated carbocycles. The highest BCUT2D eigenvalue weighted by atomic mass is 32.2. The Morgan fingerprint density at radius 1 is 1.17 bits per heavy atom. The van der Waals surface area contributed by atoms with Crippen molar-refractivity contribution in [2.45, 2.75) is 31.3 Å². The number of fused-ring (bicyclic) bond motifs is 1. The molecule has 68 valence electrons. The smallest absolute Gasteiger partial charge is 0.0747 e. The lowest BCUT2D eigenvalue weighted by atomic mass is 9.92. The van der Waals surface area contributed by atoms with Gasteiger partial charge in [0.05, 0.1) is 5.60 Å². The SMILES string of the molecule is OC1(C2CCSC2)C2CCCC21. The van der Waals surface area contributed by atoms with Crippen molar-refractivity contribution in [1.29, 1.82) is 0 Å². The first-order valence-electron chi connectivity index (χ1n) is 5.13. The first kappa shape index (κ1) is 7.69. The first-order valence-corrected chi connectivity index (χ1v) is 6.29. The highest BCUT2D eigenvalue weighted by Gasteiger charge is 2.68. The Hall–Kier alpha value is 0.310. The fourth-order valence-corrected chi connectivity index (χ4v) is 4.81. The van der Waals surface area contributed by atoms with E-state index < -0.39 is 0 Å². The average molecular weight is 184 g/mol. The Balaban J connectivity index is 1.76. The Bertz CT molecular complexity index is 188. The van der Waals surface area contributed by atoms with Crippen molar-refractivity contribution in [3.05, 3.63) is 0 Å².